The normalized spacial score (nSPS) is 18.1. The van der Waals surface area contributed by atoms with E-state index in [4.69, 9.17) is 21.4 Å². The Kier molecular flexibility index (Phi) is 5.85. The summed E-state index contributed by atoms with van der Waals surface area (Å²) in [4.78, 5) is 17.3. The fourth-order valence-electron chi connectivity index (χ4n) is 3.85. The number of rotatable bonds is 7. The molecule has 0 unspecified atom stereocenters. The van der Waals surface area contributed by atoms with E-state index in [0.29, 0.717) is 22.2 Å². The minimum absolute atomic E-state index is 0.0398. The van der Waals surface area contributed by atoms with Gasteiger partial charge in [0.2, 0.25) is 0 Å². The molecule has 1 N–H and O–H groups in total. The summed E-state index contributed by atoms with van der Waals surface area (Å²) in [5, 5.41) is 15.1. The molecule has 9 heteroatoms. The number of pyridine rings is 1. The molecule has 1 fully saturated rings. The van der Waals surface area contributed by atoms with Crippen molar-refractivity contribution in [2.45, 2.75) is 25.4 Å². The maximum Gasteiger partial charge on any atom is 0.273 e. The SMILES string of the molecule is CCCN1C(=S)N[C@H](c2ccccn2)[C@@H]1c1ccc(-c2ccc([N+](=O)[O-])cc2OC)o1. The van der Waals surface area contributed by atoms with E-state index in [1.165, 1.54) is 19.2 Å². The molecule has 1 aromatic carbocycles. The Bertz CT molecular complexity index is 1100. The van der Waals surface area contributed by atoms with Crippen molar-refractivity contribution < 1.29 is 14.1 Å². The zero-order valence-corrected chi connectivity index (χ0v) is 18.0. The van der Waals surface area contributed by atoms with E-state index in [0.717, 1.165) is 24.4 Å². The second kappa shape index (κ2) is 8.73. The second-order valence-corrected chi connectivity index (χ2v) is 7.55. The Balaban J connectivity index is 1.73. The zero-order valence-electron chi connectivity index (χ0n) is 17.1. The molecule has 4 rings (SSSR count). The van der Waals surface area contributed by atoms with Gasteiger partial charge >= 0.3 is 0 Å². The van der Waals surface area contributed by atoms with Crippen molar-refractivity contribution in [2.75, 3.05) is 13.7 Å². The number of aromatic nitrogens is 1. The summed E-state index contributed by atoms with van der Waals surface area (Å²) in [6.07, 6.45) is 2.69. The highest BCUT2D eigenvalue weighted by atomic mass is 32.1. The van der Waals surface area contributed by atoms with Crippen LogP contribution in [0.15, 0.2) is 59.1 Å². The van der Waals surface area contributed by atoms with Gasteiger partial charge in [0, 0.05) is 18.8 Å². The molecule has 0 saturated carbocycles. The molecule has 0 aliphatic carbocycles. The number of thiocarbonyl (C=S) groups is 1. The minimum atomic E-state index is -0.453. The first-order valence-corrected chi connectivity index (χ1v) is 10.3. The highest BCUT2D eigenvalue weighted by molar-refractivity contribution is 7.80. The largest absolute Gasteiger partial charge is 0.496 e. The van der Waals surface area contributed by atoms with Crippen LogP contribution in [0, 0.1) is 10.1 Å². The van der Waals surface area contributed by atoms with Crippen molar-refractivity contribution in [2.24, 2.45) is 0 Å². The molecular formula is C22H22N4O4S. The molecule has 1 aliphatic rings. The third-order valence-electron chi connectivity index (χ3n) is 5.24. The fraction of sp³-hybridized carbons (Fsp3) is 0.273. The second-order valence-electron chi connectivity index (χ2n) is 7.16. The summed E-state index contributed by atoms with van der Waals surface area (Å²) < 4.78 is 11.6. The van der Waals surface area contributed by atoms with E-state index in [1.54, 1.807) is 12.3 Å². The van der Waals surface area contributed by atoms with E-state index in [1.807, 2.05) is 30.3 Å². The van der Waals surface area contributed by atoms with Crippen molar-refractivity contribution in [1.29, 1.82) is 0 Å². The predicted molar refractivity (Wildman–Crippen MR) is 120 cm³/mol. The van der Waals surface area contributed by atoms with E-state index < -0.39 is 4.92 Å². The third-order valence-corrected chi connectivity index (χ3v) is 5.59. The van der Waals surface area contributed by atoms with Crippen LogP contribution in [0.3, 0.4) is 0 Å². The zero-order chi connectivity index (χ0) is 22.0. The lowest BCUT2D eigenvalue weighted by Gasteiger charge is -2.25. The molecule has 0 amide bonds. The number of non-ortho nitro benzene ring substituents is 1. The van der Waals surface area contributed by atoms with Crippen LogP contribution in [0.5, 0.6) is 5.75 Å². The Labute approximate surface area is 185 Å². The molecule has 0 spiro atoms. The topological polar surface area (TPSA) is 93.7 Å². The van der Waals surface area contributed by atoms with Crippen LogP contribution < -0.4 is 10.1 Å². The van der Waals surface area contributed by atoms with Crippen LogP contribution in [0.4, 0.5) is 5.69 Å². The van der Waals surface area contributed by atoms with Crippen LogP contribution in [0.1, 0.15) is 36.9 Å². The summed E-state index contributed by atoms with van der Waals surface area (Å²) in [6, 6.07) is 13.7. The first-order valence-electron chi connectivity index (χ1n) is 9.94. The van der Waals surface area contributed by atoms with Gasteiger partial charge in [-0.15, -0.1) is 0 Å². The number of methoxy groups -OCH3 is 1. The number of nitro benzene ring substituents is 1. The van der Waals surface area contributed by atoms with Gasteiger partial charge in [0.05, 0.1) is 35.4 Å². The number of nitrogens with zero attached hydrogens (tertiary/aromatic N) is 3. The van der Waals surface area contributed by atoms with Crippen LogP contribution in [0.2, 0.25) is 0 Å². The van der Waals surface area contributed by atoms with Gasteiger partial charge in [-0.25, -0.2) is 0 Å². The van der Waals surface area contributed by atoms with Crippen molar-refractivity contribution in [3.05, 3.63) is 76.3 Å². The molecule has 2 aromatic heterocycles. The molecule has 160 valence electrons. The number of nitrogens with one attached hydrogen (secondary N) is 1. The number of hydrogen-bond donors (Lipinski definition) is 1. The Morgan fingerprint density at radius 3 is 2.81 bits per heavy atom. The maximum atomic E-state index is 11.1. The van der Waals surface area contributed by atoms with Crippen molar-refractivity contribution in [3.63, 3.8) is 0 Å². The molecule has 3 aromatic rings. The van der Waals surface area contributed by atoms with Crippen LogP contribution in [-0.4, -0.2) is 33.6 Å². The molecule has 1 saturated heterocycles. The third kappa shape index (κ3) is 3.96. The van der Waals surface area contributed by atoms with Gasteiger partial charge in [-0.05, 0) is 49.0 Å². The monoisotopic (exact) mass is 438 g/mol. The minimum Gasteiger partial charge on any atom is -0.496 e. The van der Waals surface area contributed by atoms with E-state index >= 15 is 0 Å². The fourth-order valence-corrected chi connectivity index (χ4v) is 4.18. The average Bonchev–Trinajstić information content (AvgIpc) is 3.39. The van der Waals surface area contributed by atoms with Gasteiger partial charge in [0.15, 0.2) is 5.11 Å². The van der Waals surface area contributed by atoms with Crippen molar-refractivity contribution in [3.8, 4) is 17.1 Å². The molecule has 1 aliphatic heterocycles. The number of ether oxygens (including phenoxy) is 1. The highest BCUT2D eigenvalue weighted by Crippen LogP contribution is 2.42. The maximum absolute atomic E-state index is 11.1. The first-order chi connectivity index (χ1) is 15.0. The van der Waals surface area contributed by atoms with Crippen LogP contribution in [-0.2, 0) is 0 Å². The van der Waals surface area contributed by atoms with Gasteiger partial charge in [-0.2, -0.15) is 0 Å². The quantitative estimate of drug-likeness (QED) is 0.324. The lowest BCUT2D eigenvalue weighted by molar-refractivity contribution is -0.384. The average molecular weight is 439 g/mol. The summed E-state index contributed by atoms with van der Waals surface area (Å²) >= 11 is 5.60. The first kappa shape index (κ1) is 20.8. The molecule has 3 heterocycles. The smallest absolute Gasteiger partial charge is 0.273 e. The summed E-state index contributed by atoms with van der Waals surface area (Å²) in [5.74, 6) is 1.67. The van der Waals surface area contributed by atoms with E-state index in [9.17, 15) is 10.1 Å². The Hall–Kier alpha value is -3.46. The summed E-state index contributed by atoms with van der Waals surface area (Å²) in [6.45, 7) is 2.87. The molecule has 8 nitrogen and oxygen atoms in total. The van der Waals surface area contributed by atoms with Crippen LogP contribution in [0.25, 0.3) is 11.3 Å². The number of nitro groups is 1. The van der Waals surface area contributed by atoms with Crippen molar-refractivity contribution in [1.82, 2.24) is 15.2 Å². The molecular weight excluding hydrogens is 416 g/mol. The molecule has 0 bridgehead atoms. The Morgan fingerprint density at radius 2 is 2.13 bits per heavy atom. The summed E-state index contributed by atoms with van der Waals surface area (Å²) in [5.41, 5.74) is 1.48. The Morgan fingerprint density at radius 1 is 1.29 bits per heavy atom. The van der Waals surface area contributed by atoms with Gasteiger partial charge < -0.3 is 19.4 Å². The van der Waals surface area contributed by atoms with Crippen LogP contribution >= 0.6 is 12.2 Å². The van der Waals surface area contributed by atoms with Gasteiger partial charge in [-0.3, -0.25) is 15.1 Å². The lowest BCUT2D eigenvalue weighted by atomic mass is 10.0. The van der Waals surface area contributed by atoms with Gasteiger partial charge in [0.1, 0.15) is 23.3 Å². The molecule has 2 atom stereocenters. The van der Waals surface area contributed by atoms with E-state index in [2.05, 4.69) is 22.1 Å². The lowest BCUT2D eigenvalue weighted by Crippen LogP contribution is -2.30. The van der Waals surface area contributed by atoms with Crippen molar-refractivity contribution >= 4 is 23.0 Å². The molecule has 31 heavy (non-hydrogen) atoms. The number of hydrogen-bond acceptors (Lipinski definition) is 6. The van der Waals surface area contributed by atoms with Gasteiger partial charge in [-0.1, -0.05) is 13.0 Å². The van der Waals surface area contributed by atoms with Gasteiger partial charge in [0.25, 0.3) is 5.69 Å². The predicted octanol–water partition coefficient (Wildman–Crippen LogP) is 4.64. The molecule has 0 radical (unpaired) electrons. The number of furan rings is 1. The number of benzene rings is 1. The highest BCUT2D eigenvalue weighted by Gasteiger charge is 2.41. The standard InChI is InChI=1S/C22H22N4O4S/c1-3-12-25-21(20(24-22(25)31)16-6-4-5-11-23-16)18-10-9-17(30-18)15-8-7-14(26(27)28)13-19(15)29-2/h4-11,13,20-21H,3,12H2,1-2H3,(H,24,31)/t20-,21+/m1/s1. The summed E-state index contributed by atoms with van der Waals surface area (Å²) in [7, 11) is 1.48. The van der Waals surface area contributed by atoms with E-state index in [-0.39, 0.29) is 17.8 Å².